The molecule has 9 heteroatoms. The number of ether oxygens (including phenoxy) is 1. The highest BCUT2D eigenvalue weighted by Gasteiger charge is 2.26. The molecule has 1 unspecified atom stereocenters. The number of fused-ring (bicyclic) bond motifs is 1. The minimum Gasteiger partial charge on any atom is -0.356 e. The van der Waals surface area contributed by atoms with Crippen molar-refractivity contribution in [1.29, 1.82) is 0 Å². The van der Waals surface area contributed by atoms with Crippen molar-refractivity contribution in [3.63, 3.8) is 0 Å². The number of nitrogens with zero attached hydrogens (tertiary/aromatic N) is 6. The van der Waals surface area contributed by atoms with Crippen molar-refractivity contribution >= 4 is 34.4 Å². The summed E-state index contributed by atoms with van der Waals surface area (Å²) in [5.74, 6) is 0. The van der Waals surface area contributed by atoms with Gasteiger partial charge in [-0.15, -0.1) is 11.8 Å². The van der Waals surface area contributed by atoms with Gasteiger partial charge in [-0.05, 0) is 43.2 Å². The molecule has 0 aromatic carbocycles. The molecule has 1 fully saturated rings. The molecule has 1 atom stereocenters. The molecule has 126 valence electrons. The van der Waals surface area contributed by atoms with E-state index in [9.17, 15) is 0 Å². The van der Waals surface area contributed by atoms with Gasteiger partial charge in [0.15, 0.2) is 11.9 Å². The van der Waals surface area contributed by atoms with Gasteiger partial charge in [0.05, 0.1) is 5.39 Å². The van der Waals surface area contributed by atoms with Crippen LogP contribution in [-0.2, 0) is 11.8 Å². The number of halogens is 1. The van der Waals surface area contributed by atoms with Crippen LogP contribution in [0.15, 0.2) is 17.3 Å². The quantitative estimate of drug-likeness (QED) is 0.403. The van der Waals surface area contributed by atoms with Crippen LogP contribution in [-0.4, -0.2) is 42.4 Å². The molecule has 3 aromatic rings. The molecular formula is C15H17ClN6OS. The standard InChI is InChI=1S/C15H17ClN6OS/c1-21-7-6-9(19-21)12-11-13(17-15(16)18-14(11)24-2)22(20-12)10-5-3-4-8-23-10/h6-7,10H,3-5,8H2,1-2H3. The summed E-state index contributed by atoms with van der Waals surface area (Å²) in [5, 5.41) is 11.2. The first-order chi connectivity index (χ1) is 11.7. The van der Waals surface area contributed by atoms with Gasteiger partial charge in [0, 0.05) is 19.9 Å². The minimum absolute atomic E-state index is 0.126. The Bertz CT molecular complexity index is 886. The average molecular weight is 365 g/mol. The average Bonchev–Trinajstić information content (AvgIpc) is 3.18. The Morgan fingerprint density at radius 1 is 1.29 bits per heavy atom. The van der Waals surface area contributed by atoms with Gasteiger partial charge in [-0.25, -0.2) is 9.67 Å². The zero-order chi connectivity index (χ0) is 16.7. The molecule has 0 saturated carbocycles. The maximum atomic E-state index is 6.14. The van der Waals surface area contributed by atoms with Crippen LogP contribution in [0.5, 0.6) is 0 Å². The van der Waals surface area contributed by atoms with Crippen LogP contribution in [0.1, 0.15) is 25.5 Å². The normalized spacial score (nSPS) is 18.4. The summed E-state index contributed by atoms with van der Waals surface area (Å²) >= 11 is 7.66. The van der Waals surface area contributed by atoms with Crippen molar-refractivity contribution in [2.75, 3.05) is 12.9 Å². The molecule has 0 amide bonds. The fourth-order valence-corrected chi connectivity index (χ4v) is 3.75. The highest BCUT2D eigenvalue weighted by molar-refractivity contribution is 7.98. The van der Waals surface area contributed by atoms with E-state index < -0.39 is 0 Å². The molecule has 4 heterocycles. The molecule has 0 spiro atoms. The van der Waals surface area contributed by atoms with E-state index in [-0.39, 0.29) is 11.5 Å². The van der Waals surface area contributed by atoms with Crippen LogP contribution < -0.4 is 0 Å². The van der Waals surface area contributed by atoms with E-state index in [0.29, 0.717) is 5.65 Å². The first-order valence-electron chi connectivity index (χ1n) is 7.78. The van der Waals surface area contributed by atoms with Crippen LogP contribution in [0, 0.1) is 0 Å². The van der Waals surface area contributed by atoms with E-state index in [4.69, 9.17) is 21.4 Å². The fourth-order valence-electron chi connectivity index (χ4n) is 2.97. The molecule has 1 saturated heterocycles. The number of aryl methyl sites for hydroxylation is 1. The largest absolute Gasteiger partial charge is 0.356 e. The van der Waals surface area contributed by atoms with Crippen molar-refractivity contribution in [2.45, 2.75) is 30.5 Å². The third-order valence-electron chi connectivity index (χ3n) is 4.07. The smallest absolute Gasteiger partial charge is 0.225 e. The monoisotopic (exact) mass is 364 g/mol. The summed E-state index contributed by atoms with van der Waals surface area (Å²) in [6.45, 7) is 0.735. The molecule has 4 rings (SSSR count). The number of thioether (sulfide) groups is 1. The number of hydrogen-bond donors (Lipinski definition) is 0. The topological polar surface area (TPSA) is 70.7 Å². The Balaban J connectivity index is 1.97. The van der Waals surface area contributed by atoms with Crippen LogP contribution in [0.3, 0.4) is 0 Å². The lowest BCUT2D eigenvalue weighted by molar-refractivity contribution is -0.0368. The molecule has 0 N–H and O–H groups in total. The second kappa shape index (κ2) is 6.34. The molecule has 1 aliphatic rings. The zero-order valence-electron chi connectivity index (χ0n) is 13.4. The molecule has 24 heavy (non-hydrogen) atoms. The van der Waals surface area contributed by atoms with Gasteiger partial charge in [-0.1, -0.05) is 0 Å². The van der Waals surface area contributed by atoms with E-state index in [1.807, 2.05) is 30.2 Å². The van der Waals surface area contributed by atoms with Gasteiger partial charge in [0.25, 0.3) is 0 Å². The fraction of sp³-hybridized carbons (Fsp3) is 0.467. The van der Waals surface area contributed by atoms with E-state index in [1.165, 1.54) is 11.8 Å². The maximum absolute atomic E-state index is 6.14. The second-order valence-electron chi connectivity index (χ2n) is 5.69. The first kappa shape index (κ1) is 15.9. The van der Waals surface area contributed by atoms with Gasteiger partial charge in [-0.2, -0.15) is 15.2 Å². The van der Waals surface area contributed by atoms with Crippen molar-refractivity contribution in [3.8, 4) is 11.4 Å². The second-order valence-corrected chi connectivity index (χ2v) is 6.82. The van der Waals surface area contributed by atoms with E-state index in [0.717, 1.165) is 47.7 Å². The molecule has 3 aromatic heterocycles. The highest BCUT2D eigenvalue weighted by Crippen LogP contribution is 2.36. The summed E-state index contributed by atoms with van der Waals surface area (Å²) in [5.41, 5.74) is 2.26. The lowest BCUT2D eigenvalue weighted by Gasteiger charge is -2.23. The van der Waals surface area contributed by atoms with Crippen LogP contribution >= 0.6 is 23.4 Å². The van der Waals surface area contributed by atoms with Crippen molar-refractivity contribution in [3.05, 3.63) is 17.5 Å². The molecule has 0 aliphatic carbocycles. The Kier molecular flexibility index (Phi) is 4.19. The van der Waals surface area contributed by atoms with Crippen molar-refractivity contribution in [1.82, 2.24) is 29.5 Å². The van der Waals surface area contributed by atoms with Gasteiger partial charge in [0.2, 0.25) is 5.28 Å². The molecule has 7 nitrogen and oxygen atoms in total. The number of hydrogen-bond acceptors (Lipinski definition) is 6. The zero-order valence-corrected chi connectivity index (χ0v) is 15.0. The molecule has 0 bridgehead atoms. The predicted octanol–water partition coefficient (Wildman–Crippen LogP) is 3.30. The third kappa shape index (κ3) is 2.68. The summed E-state index contributed by atoms with van der Waals surface area (Å²) in [6, 6.07) is 1.94. The summed E-state index contributed by atoms with van der Waals surface area (Å²) in [4.78, 5) is 8.80. The van der Waals surface area contributed by atoms with Crippen LogP contribution in [0.4, 0.5) is 0 Å². The van der Waals surface area contributed by atoms with Crippen LogP contribution in [0.25, 0.3) is 22.4 Å². The lowest BCUT2D eigenvalue weighted by Crippen LogP contribution is -2.19. The SMILES string of the molecule is CSc1nc(Cl)nc2c1c(-c1ccn(C)n1)nn2C1CCCCO1. The summed E-state index contributed by atoms with van der Waals surface area (Å²) in [7, 11) is 1.88. The maximum Gasteiger partial charge on any atom is 0.225 e. The van der Waals surface area contributed by atoms with Gasteiger partial charge in [-0.3, -0.25) is 4.68 Å². The molecule has 1 aliphatic heterocycles. The van der Waals surface area contributed by atoms with E-state index >= 15 is 0 Å². The lowest BCUT2D eigenvalue weighted by atomic mass is 10.2. The first-order valence-corrected chi connectivity index (χ1v) is 9.39. The summed E-state index contributed by atoms with van der Waals surface area (Å²) in [6.07, 6.45) is 6.84. The van der Waals surface area contributed by atoms with E-state index in [2.05, 4.69) is 15.1 Å². The third-order valence-corrected chi connectivity index (χ3v) is 4.92. The number of aromatic nitrogens is 6. The predicted molar refractivity (Wildman–Crippen MR) is 93.2 cm³/mol. The Morgan fingerprint density at radius 2 is 2.17 bits per heavy atom. The summed E-state index contributed by atoms with van der Waals surface area (Å²) < 4.78 is 9.50. The Labute approximate surface area is 148 Å². The van der Waals surface area contributed by atoms with Crippen LogP contribution in [0.2, 0.25) is 5.28 Å². The molecule has 0 radical (unpaired) electrons. The van der Waals surface area contributed by atoms with E-state index in [1.54, 1.807) is 4.68 Å². The van der Waals surface area contributed by atoms with Crippen molar-refractivity contribution in [2.24, 2.45) is 7.05 Å². The van der Waals surface area contributed by atoms with Gasteiger partial charge >= 0.3 is 0 Å². The number of rotatable bonds is 3. The Morgan fingerprint density at radius 3 is 2.83 bits per heavy atom. The van der Waals surface area contributed by atoms with Gasteiger partial charge in [0.1, 0.15) is 16.4 Å². The highest BCUT2D eigenvalue weighted by atomic mass is 35.5. The minimum atomic E-state index is -0.126. The molecular weight excluding hydrogens is 348 g/mol. The van der Waals surface area contributed by atoms with Crippen molar-refractivity contribution < 1.29 is 4.74 Å². The van der Waals surface area contributed by atoms with Gasteiger partial charge < -0.3 is 4.74 Å². The Hall–Kier alpha value is -1.64.